The molecule has 1 aliphatic heterocycles. The highest BCUT2D eigenvalue weighted by atomic mass is 32.1. The lowest BCUT2D eigenvalue weighted by Crippen LogP contribution is -2.33. The number of amides is 1. The van der Waals surface area contributed by atoms with E-state index in [2.05, 4.69) is 22.3 Å². The Hall–Kier alpha value is -4.76. The molecule has 0 bridgehead atoms. The number of fused-ring (bicyclic) bond motifs is 3. The summed E-state index contributed by atoms with van der Waals surface area (Å²) in [5.74, 6) is -0.167. The van der Waals surface area contributed by atoms with Crippen molar-refractivity contribution in [1.29, 1.82) is 0 Å². The maximum absolute atomic E-state index is 13.8. The minimum atomic E-state index is -0.546. The van der Waals surface area contributed by atoms with Crippen LogP contribution in [0.4, 0.5) is 0 Å². The van der Waals surface area contributed by atoms with E-state index in [0.29, 0.717) is 23.9 Å². The molecule has 1 saturated heterocycles. The van der Waals surface area contributed by atoms with Crippen LogP contribution in [0.1, 0.15) is 80.1 Å². The Morgan fingerprint density at radius 1 is 0.957 bits per heavy atom. The van der Waals surface area contributed by atoms with Crippen molar-refractivity contribution >= 4 is 56.6 Å². The molecule has 2 fully saturated rings. The number of nitrogens with zero attached hydrogens (tertiary/aromatic N) is 1. The van der Waals surface area contributed by atoms with Crippen molar-refractivity contribution in [2.24, 2.45) is 5.92 Å². The van der Waals surface area contributed by atoms with Crippen LogP contribution in [0.3, 0.4) is 0 Å². The molecule has 2 N–H and O–H groups in total. The number of aryl methyl sites for hydroxylation is 1. The maximum Gasteiger partial charge on any atom is 0.310 e. The molecule has 9 heteroatoms. The monoisotopic (exact) mass is 631 g/mol. The predicted molar refractivity (Wildman–Crippen MR) is 176 cm³/mol. The van der Waals surface area contributed by atoms with E-state index in [1.54, 1.807) is 11.0 Å². The summed E-state index contributed by atoms with van der Waals surface area (Å²) >= 11 is 1.51. The number of piperidine rings is 1. The third-order valence-electron chi connectivity index (χ3n) is 9.45. The number of likely N-dealkylation sites (tertiary alicyclic amines) is 1. The van der Waals surface area contributed by atoms with Crippen LogP contribution in [0, 0.1) is 12.8 Å². The lowest BCUT2D eigenvalue weighted by atomic mass is 9.84. The Labute approximate surface area is 269 Å². The first-order chi connectivity index (χ1) is 21.9. The number of H-pyrrole nitrogens is 2. The molecule has 2 aromatic carbocycles. The predicted octanol–water partition coefficient (Wildman–Crippen LogP) is 6.82. The fraction of sp³-hybridized carbons (Fsp3) is 0.297. The second-order valence-corrected chi connectivity index (χ2v) is 14.8. The molecule has 0 unspecified atom stereocenters. The highest BCUT2D eigenvalue weighted by molar-refractivity contribution is 7.12. The number of hydrogen-bond acceptors (Lipinski definition) is 6. The van der Waals surface area contributed by atoms with Gasteiger partial charge in [-0.1, -0.05) is 12.1 Å². The molecule has 8 rings (SSSR count). The van der Waals surface area contributed by atoms with Crippen LogP contribution in [-0.2, 0) is 27.8 Å². The molecule has 0 radical (unpaired) electrons. The zero-order valence-corrected chi connectivity index (χ0v) is 26.9. The summed E-state index contributed by atoms with van der Waals surface area (Å²) in [4.78, 5) is 61.5. The van der Waals surface area contributed by atoms with Gasteiger partial charge in [0.05, 0.1) is 17.0 Å². The third kappa shape index (κ3) is 4.55. The number of ketones is 2. The first-order valence-corrected chi connectivity index (χ1v) is 16.4. The van der Waals surface area contributed by atoms with Gasteiger partial charge in [0.25, 0.3) is 5.91 Å². The fourth-order valence-corrected chi connectivity index (χ4v) is 8.49. The van der Waals surface area contributed by atoms with E-state index in [1.165, 1.54) is 11.3 Å². The number of nitrogens with one attached hydrogen (secondary N) is 2. The van der Waals surface area contributed by atoms with E-state index in [4.69, 9.17) is 4.74 Å². The molecule has 8 nitrogen and oxygen atoms in total. The molecular weight excluding hydrogens is 598 g/mol. The van der Waals surface area contributed by atoms with E-state index < -0.39 is 5.60 Å². The van der Waals surface area contributed by atoms with Crippen molar-refractivity contribution in [3.63, 3.8) is 0 Å². The number of aromatic amines is 2. The Morgan fingerprint density at radius 3 is 2.30 bits per heavy atom. The Kier molecular flexibility index (Phi) is 6.16. The second kappa shape index (κ2) is 9.87. The van der Waals surface area contributed by atoms with Crippen LogP contribution < -0.4 is 0 Å². The molecule has 4 heterocycles. The standard InChI is InChI=1S/C37H33N3O5S/c1-19-18-46-34-30(42)15-31-37(33(19)34)16-24(37)17-40(31)35(44)28-14-23-9-20(5-7-26(23)39-28)11-29(41)27-13-22-10-21(6-8-25(22)38-27)12-32(43)45-36(2,3)4/h5-10,13-15,18,24,38-39H,11-12,16-17H2,1-4H3/t24-,37+/m1/s1. The number of esters is 1. The lowest BCUT2D eigenvalue weighted by Gasteiger charge is -2.28. The number of hydrogen-bond donors (Lipinski definition) is 2. The quantitative estimate of drug-likeness (QED) is 0.158. The number of carbonyl (C=O) groups is 4. The molecule has 5 aromatic rings. The topological polar surface area (TPSA) is 112 Å². The number of Topliss-reactive ketones (excluding diaryl/α,β-unsaturated/α-hetero) is 1. The molecule has 46 heavy (non-hydrogen) atoms. The van der Waals surface area contributed by atoms with E-state index in [0.717, 1.165) is 61.1 Å². The van der Waals surface area contributed by atoms with Gasteiger partial charge in [0.1, 0.15) is 11.3 Å². The van der Waals surface area contributed by atoms with Gasteiger partial charge < -0.3 is 19.6 Å². The molecule has 3 aromatic heterocycles. The van der Waals surface area contributed by atoms with Gasteiger partial charge in [0.2, 0.25) is 0 Å². The summed E-state index contributed by atoms with van der Waals surface area (Å²) in [6.45, 7) is 8.19. The Morgan fingerprint density at radius 2 is 1.61 bits per heavy atom. The molecule has 3 aliphatic rings. The minimum absolute atomic E-state index is 0.0127. The summed E-state index contributed by atoms with van der Waals surface area (Å²) in [5, 5.41) is 3.76. The summed E-state index contributed by atoms with van der Waals surface area (Å²) < 4.78 is 5.44. The molecule has 1 amide bonds. The van der Waals surface area contributed by atoms with Gasteiger partial charge in [-0.15, -0.1) is 11.3 Å². The van der Waals surface area contributed by atoms with E-state index in [-0.39, 0.29) is 41.7 Å². The van der Waals surface area contributed by atoms with Crippen molar-refractivity contribution in [2.45, 2.75) is 58.0 Å². The van der Waals surface area contributed by atoms with Gasteiger partial charge in [-0.25, -0.2) is 0 Å². The first kappa shape index (κ1) is 28.7. The maximum atomic E-state index is 13.8. The van der Waals surface area contributed by atoms with Gasteiger partial charge in [-0.05, 0) is 104 Å². The molecule has 2 atom stereocenters. The summed E-state index contributed by atoms with van der Waals surface area (Å²) in [6.07, 6.45) is 3.01. The van der Waals surface area contributed by atoms with Crippen LogP contribution in [0.2, 0.25) is 0 Å². The molecule has 1 saturated carbocycles. The second-order valence-electron chi connectivity index (χ2n) is 13.9. The van der Waals surface area contributed by atoms with Crippen LogP contribution in [0.25, 0.3) is 21.8 Å². The average Bonchev–Trinajstić information content (AvgIpc) is 3.43. The van der Waals surface area contributed by atoms with Gasteiger partial charge in [-0.3, -0.25) is 19.2 Å². The Bertz CT molecular complexity index is 2190. The van der Waals surface area contributed by atoms with Crippen molar-refractivity contribution in [1.82, 2.24) is 14.9 Å². The molecule has 2 aliphatic carbocycles. The fourth-order valence-electron chi connectivity index (χ4n) is 7.45. The van der Waals surface area contributed by atoms with E-state index in [1.807, 2.05) is 69.3 Å². The summed E-state index contributed by atoms with van der Waals surface area (Å²) in [7, 11) is 0. The van der Waals surface area contributed by atoms with Gasteiger partial charge in [0, 0.05) is 52.0 Å². The number of benzene rings is 2. The molecule has 1 spiro atoms. The van der Waals surface area contributed by atoms with E-state index >= 15 is 0 Å². The van der Waals surface area contributed by atoms with Crippen LogP contribution in [-0.4, -0.2) is 50.5 Å². The number of aromatic nitrogens is 2. The zero-order chi connectivity index (χ0) is 32.1. The number of allylic oxidation sites excluding steroid dienone is 2. The Balaban J connectivity index is 0.988. The zero-order valence-electron chi connectivity index (χ0n) is 26.1. The SMILES string of the molecule is Cc1csc2c1[C@@]13C[C@@H]1CN(C(=O)c1cc4cc(CC(=O)c5cc6cc(CC(=O)OC(C)(C)C)ccc6[nH]5)ccc4[nH]1)C3=CC2=O. The van der Waals surface area contributed by atoms with Crippen molar-refractivity contribution in [2.75, 3.05) is 6.54 Å². The first-order valence-electron chi connectivity index (χ1n) is 15.5. The van der Waals surface area contributed by atoms with Crippen molar-refractivity contribution in [3.05, 3.63) is 104 Å². The minimum Gasteiger partial charge on any atom is -0.460 e. The smallest absolute Gasteiger partial charge is 0.310 e. The van der Waals surface area contributed by atoms with Crippen LogP contribution in [0.15, 0.2) is 65.7 Å². The van der Waals surface area contributed by atoms with Crippen LogP contribution >= 0.6 is 11.3 Å². The normalized spacial score (nSPS) is 20.0. The van der Waals surface area contributed by atoms with Gasteiger partial charge in [-0.2, -0.15) is 0 Å². The van der Waals surface area contributed by atoms with E-state index in [9.17, 15) is 19.2 Å². The number of thiophene rings is 1. The van der Waals surface area contributed by atoms with Gasteiger partial charge in [0.15, 0.2) is 11.6 Å². The summed E-state index contributed by atoms with van der Waals surface area (Å²) in [6, 6.07) is 15.0. The highest BCUT2D eigenvalue weighted by Gasteiger charge is 2.68. The average molecular weight is 632 g/mol. The molecule has 232 valence electrons. The largest absolute Gasteiger partial charge is 0.460 e. The molecular formula is C37H33N3O5S. The number of ether oxygens (including phenoxy) is 1. The van der Waals surface area contributed by atoms with Crippen molar-refractivity contribution < 1.29 is 23.9 Å². The number of carbonyl (C=O) groups excluding carboxylic acids is 4. The number of rotatable bonds is 6. The summed E-state index contributed by atoms with van der Waals surface area (Å²) in [5.41, 5.74) is 6.60. The van der Waals surface area contributed by atoms with Crippen LogP contribution in [0.5, 0.6) is 0 Å². The highest BCUT2D eigenvalue weighted by Crippen LogP contribution is 2.68. The van der Waals surface area contributed by atoms with Crippen molar-refractivity contribution in [3.8, 4) is 0 Å². The van der Waals surface area contributed by atoms with Gasteiger partial charge >= 0.3 is 5.97 Å². The third-order valence-corrected chi connectivity index (χ3v) is 10.6. The lowest BCUT2D eigenvalue weighted by molar-refractivity contribution is -0.153.